The summed E-state index contributed by atoms with van der Waals surface area (Å²) < 4.78 is 45.6. The Morgan fingerprint density at radius 1 is 0.543 bits per heavy atom. The van der Waals surface area contributed by atoms with E-state index in [2.05, 4.69) is 69.2 Å². The van der Waals surface area contributed by atoms with Crippen molar-refractivity contribution in [1.29, 1.82) is 0 Å². The number of carbonyl (C=O) groups excluding carboxylic acids is 2. The fraction of sp³-hybridized carbons (Fsp3) is 0.946. The highest BCUT2D eigenvalue weighted by Crippen LogP contribution is 2.43. The monoisotopic (exact) mass is 652 g/mol. The zero-order chi connectivity index (χ0) is 34.2. The van der Waals surface area contributed by atoms with E-state index in [0.717, 1.165) is 12.8 Å². The largest absolute Gasteiger partial charge is 0.364 e. The van der Waals surface area contributed by atoms with E-state index in [4.69, 9.17) is 33.2 Å². The summed E-state index contributed by atoms with van der Waals surface area (Å²) in [4.78, 5) is 25.6. The van der Waals surface area contributed by atoms with Crippen LogP contribution in [0.4, 0.5) is 0 Å². The summed E-state index contributed by atoms with van der Waals surface area (Å²) in [7, 11) is 0. The van der Waals surface area contributed by atoms with Gasteiger partial charge in [-0.1, -0.05) is 69.2 Å². The Bertz CT molecular complexity index is 1020. The highest BCUT2D eigenvalue weighted by molar-refractivity contribution is 5.81. The summed E-state index contributed by atoms with van der Waals surface area (Å²) in [5.74, 6) is 1.44. The van der Waals surface area contributed by atoms with E-state index in [1.807, 2.05) is 6.92 Å². The first-order valence-corrected chi connectivity index (χ1v) is 18.2. The van der Waals surface area contributed by atoms with Crippen molar-refractivity contribution in [2.45, 2.75) is 177 Å². The second-order valence-corrected chi connectivity index (χ2v) is 15.4. The third-order valence-corrected chi connectivity index (χ3v) is 12.4. The number of hydrogen-bond acceptors (Lipinski definition) is 9. The molecule has 4 aliphatic rings. The molecular formula is C37H64O9. The van der Waals surface area contributed by atoms with Crippen molar-refractivity contribution in [1.82, 2.24) is 0 Å². The van der Waals surface area contributed by atoms with Crippen LogP contribution < -0.4 is 0 Å². The van der Waals surface area contributed by atoms with Gasteiger partial charge in [-0.15, -0.1) is 0 Å². The van der Waals surface area contributed by atoms with Crippen molar-refractivity contribution in [2.75, 3.05) is 0 Å². The Morgan fingerprint density at radius 3 is 1.63 bits per heavy atom. The zero-order valence-electron chi connectivity index (χ0n) is 30.8. The molecule has 0 spiro atoms. The normalized spacial score (nSPS) is 50.2. The fourth-order valence-electron chi connectivity index (χ4n) is 8.17. The van der Waals surface area contributed by atoms with Crippen LogP contribution in [0.3, 0.4) is 0 Å². The minimum atomic E-state index is -0.751. The number of Topliss-reactive ketones (excluding diaryl/α,β-unsaturated/α-hetero) is 2. The number of ether oxygens (including phenoxy) is 7. The van der Waals surface area contributed by atoms with Crippen LogP contribution in [0.15, 0.2) is 0 Å². The Kier molecular flexibility index (Phi) is 13.0. The predicted molar refractivity (Wildman–Crippen MR) is 175 cm³/mol. The first kappa shape index (κ1) is 37.9. The third-order valence-electron chi connectivity index (χ3n) is 12.4. The zero-order valence-corrected chi connectivity index (χ0v) is 30.8. The van der Waals surface area contributed by atoms with Gasteiger partial charge in [-0.25, -0.2) is 0 Å². The molecular weight excluding hydrogens is 588 g/mol. The van der Waals surface area contributed by atoms with E-state index < -0.39 is 37.2 Å². The number of rotatable bonds is 10. The number of hydrogen-bond donors (Lipinski definition) is 0. The number of ketones is 2. The van der Waals surface area contributed by atoms with Crippen molar-refractivity contribution >= 4 is 11.6 Å². The van der Waals surface area contributed by atoms with Crippen molar-refractivity contribution in [2.24, 2.45) is 47.3 Å². The molecule has 4 heterocycles. The summed E-state index contributed by atoms with van der Waals surface area (Å²) in [6, 6.07) is 0. The second kappa shape index (κ2) is 15.7. The third kappa shape index (κ3) is 7.76. The van der Waals surface area contributed by atoms with Gasteiger partial charge in [0.15, 0.2) is 30.4 Å². The van der Waals surface area contributed by atoms with Crippen LogP contribution in [0.5, 0.6) is 0 Å². The Morgan fingerprint density at radius 2 is 1.04 bits per heavy atom. The minimum Gasteiger partial charge on any atom is -0.364 e. The lowest BCUT2D eigenvalue weighted by Gasteiger charge is -2.50. The predicted octanol–water partition coefficient (Wildman–Crippen LogP) is 6.58. The van der Waals surface area contributed by atoms with Gasteiger partial charge < -0.3 is 33.2 Å². The van der Waals surface area contributed by atoms with Gasteiger partial charge in [0.05, 0.1) is 36.6 Å². The van der Waals surface area contributed by atoms with Gasteiger partial charge in [0, 0.05) is 18.3 Å². The SMILES string of the molecule is CCC1O[C@H](O[C@@H]2C(C(C)=O)O[C@@H](O[C@@H]3C(CC)O[C@@H](O[C@H]4C(C(C)=O)OC(C)[C@@H](C)C4C)C[C@H]3C)C(C)[C@H]2C)C(C)[C@@H](C)[C@@H]1C. The maximum absolute atomic E-state index is 13.0. The molecule has 4 saturated heterocycles. The lowest BCUT2D eigenvalue weighted by Crippen LogP contribution is -2.59. The minimum absolute atomic E-state index is 0.00478. The van der Waals surface area contributed by atoms with Gasteiger partial charge in [0.2, 0.25) is 0 Å². The van der Waals surface area contributed by atoms with E-state index in [-0.39, 0.29) is 77.6 Å². The van der Waals surface area contributed by atoms with Crippen molar-refractivity contribution < 1.29 is 42.7 Å². The fourth-order valence-corrected chi connectivity index (χ4v) is 8.17. The average Bonchev–Trinajstić information content (AvgIpc) is 3.01. The lowest BCUT2D eigenvalue weighted by atomic mass is 9.78. The molecule has 9 heteroatoms. The first-order chi connectivity index (χ1) is 21.6. The summed E-state index contributed by atoms with van der Waals surface area (Å²) >= 11 is 0. The maximum Gasteiger partial charge on any atom is 0.162 e. The van der Waals surface area contributed by atoms with Gasteiger partial charge in [0.25, 0.3) is 0 Å². The quantitative estimate of drug-likeness (QED) is 0.259. The molecule has 19 atom stereocenters. The van der Waals surface area contributed by atoms with Crippen LogP contribution in [0, 0.1) is 47.3 Å². The summed E-state index contributed by atoms with van der Waals surface area (Å²) in [5.41, 5.74) is 0. The molecule has 46 heavy (non-hydrogen) atoms. The van der Waals surface area contributed by atoms with Crippen LogP contribution in [0.1, 0.15) is 109 Å². The Labute approximate surface area is 278 Å². The van der Waals surface area contributed by atoms with Crippen LogP contribution in [0.25, 0.3) is 0 Å². The molecule has 9 nitrogen and oxygen atoms in total. The van der Waals surface area contributed by atoms with E-state index >= 15 is 0 Å². The molecule has 0 aliphatic carbocycles. The van der Waals surface area contributed by atoms with E-state index in [1.54, 1.807) is 13.8 Å². The molecule has 0 radical (unpaired) electrons. The molecule has 0 aromatic carbocycles. The molecule has 0 aromatic rings. The van der Waals surface area contributed by atoms with Crippen molar-refractivity contribution in [3.05, 3.63) is 0 Å². The van der Waals surface area contributed by atoms with Gasteiger partial charge in [0.1, 0.15) is 12.2 Å². The maximum atomic E-state index is 13.0. The molecule has 0 amide bonds. The average molecular weight is 653 g/mol. The second-order valence-electron chi connectivity index (χ2n) is 15.4. The van der Waals surface area contributed by atoms with Gasteiger partial charge in [-0.2, -0.15) is 0 Å². The molecule has 0 bridgehead atoms. The molecule has 4 rings (SSSR count). The summed E-state index contributed by atoms with van der Waals surface area (Å²) in [6.07, 6.45) is -1.72. The summed E-state index contributed by atoms with van der Waals surface area (Å²) in [6.45, 7) is 26.8. The number of carbonyl (C=O) groups is 2. The van der Waals surface area contributed by atoms with Crippen LogP contribution in [-0.4, -0.2) is 79.3 Å². The van der Waals surface area contributed by atoms with E-state index in [1.165, 1.54) is 0 Å². The molecule has 0 saturated carbocycles. The topological polar surface area (TPSA) is 98.8 Å². The molecule has 4 fully saturated rings. The van der Waals surface area contributed by atoms with Crippen LogP contribution in [-0.2, 0) is 42.7 Å². The molecule has 0 aromatic heterocycles. The van der Waals surface area contributed by atoms with Crippen molar-refractivity contribution in [3.8, 4) is 0 Å². The smallest absolute Gasteiger partial charge is 0.162 e. The molecule has 4 aliphatic heterocycles. The molecule has 266 valence electrons. The molecule has 8 unspecified atom stereocenters. The van der Waals surface area contributed by atoms with E-state index in [9.17, 15) is 9.59 Å². The summed E-state index contributed by atoms with van der Waals surface area (Å²) in [5, 5.41) is 0. The standard InChI is InChI=1S/C37H64O9/c1-14-28-20(6)18(4)23(9)36(42-28)45-33-22(8)24(10)37(46-35(33)26(12)39)44-31-17(3)16-30(41-29(31)15-2)43-32-21(7)19(5)27(13)40-34(32)25(11)38/h17-24,27-37H,14-16H2,1-13H3/t17-,18+,19+,20+,21?,22-,23?,24?,27?,28?,29?,30+,31+,32-,33+,34?,35?,36-,37-/m1/s1. The van der Waals surface area contributed by atoms with Gasteiger partial charge >= 0.3 is 0 Å². The highest BCUT2D eigenvalue weighted by atomic mass is 16.7. The van der Waals surface area contributed by atoms with Gasteiger partial charge in [-0.3, -0.25) is 9.59 Å². The highest BCUT2D eigenvalue weighted by Gasteiger charge is 2.51. The van der Waals surface area contributed by atoms with Crippen molar-refractivity contribution in [3.63, 3.8) is 0 Å². The van der Waals surface area contributed by atoms with Gasteiger partial charge in [-0.05, 0) is 69.1 Å². The lowest BCUT2D eigenvalue weighted by molar-refractivity contribution is -0.342. The Balaban J connectivity index is 1.44. The first-order valence-electron chi connectivity index (χ1n) is 18.2. The van der Waals surface area contributed by atoms with E-state index in [0.29, 0.717) is 18.3 Å². The molecule has 0 N–H and O–H groups in total. The Hall–Kier alpha value is -0.940. The van der Waals surface area contributed by atoms with Crippen LogP contribution >= 0.6 is 0 Å². The van der Waals surface area contributed by atoms with Crippen LogP contribution in [0.2, 0.25) is 0 Å².